The largest absolute Gasteiger partial charge is 0.491 e. The standard InChI is InChI=1S/C29H34ClFO/c1-3-5-20-6-8-21(9-7-20)22-10-12-23(13-11-22)24-14-16-25(17-15-24)26-18-19-27(32-4-2)29(31)28(26)30/h3,5,12,14-22H,4,6-11,13H2,1-2H3/b5-3+. The predicted molar refractivity (Wildman–Crippen MR) is 134 cm³/mol. The van der Waals surface area contributed by atoms with Gasteiger partial charge in [0.2, 0.25) is 0 Å². The number of halogens is 2. The highest BCUT2D eigenvalue weighted by Crippen LogP contribution is 2.42. The third-order valence-corrected chi connectivity index (χ3v) is 7.68. The van der Waals surface area contributed by atoms with Gasteiger partial charge in [0, 0.05) is 5.56 Å². The van der Waals surface area contributed by atoms with Crippen LogP contribution in [0.3, 0.4) is 0 Å². The summed E-state index contributed by atoms with van der Waals surface area (Å²) in [6.07, 6.45) is 16.2. The quantitative estimate of drug-likeness (QED) is 0.397. The first-order chi connectivity index (χ1) is 15.6. The van der Waals surface area contributed by atoms with Gasteiger partial charge in [0.15, 0.2) is 11.6 Å². The first-order valence-electron chi connectivity index (χ1n) is 12.1. The van der Waals surface area contributed by atoms with Gasteiger partial charge < -0.3 is 4.74 Å². The normalized spacial score (nSPS) is 23.9. The number of hydrogen-bond acceptors (Lipinski definition) is 1. The highest BCUT2D eigenvalue weighted by Gasteiger charge is 2.28. The molecule has 0 amide bonds. The maximum absolute atomic E-state index is 14.5. The molecular weight excluding hydrogens is 419 g/mol. The molecule has 0 saturated heterocycles. The number of hydrogen-bond donors (Lipinski definition) is 0. The molecule has 1 saturated carbocycles. The zero-order valence-corrected chi connectivity index (χ0v) is 20.0. The van der Waals surface area contributed by atoms with Gasteiger partial charge in [-0.2, -0.15) is 0 Å². The fourth-order valence-electron chi connectivity index (χ4n) is 5.51. The molecule has 1 atom stereocenters. The summed E-state index contributed by atoms with van der Waals surface area (Å²) in [6.45, 7) is 4.38. The minimum atomic E-state index is -0.490. The highest BCUT2D eigenvalue weighted by molar-refractivity contribution is 6.33. The van der Waals surface area contributed by atoms with Crippen LogP contribution in [-0.4, -0.2) is 6.61 Å². The van der Waals surface area contributed by atoms with E-state index in [0.29, 0.717) is 12.2 Å². The Labute approximate surface area is 197 Å². The molecule has 170 valence electrons. The van der Waals surface area contributed by atoms with E-state index < -0.39 is 5.82 Å². The Hall–Kier alpha value is -2.06. The maximum atomic E-state index is 14.5. The Morgan fingerprint density at radius 3 is 2.31 bits per heavy atom. The second-order valence-corrected chi connectivity index (χ2v) is 9.59. The van der Waals surface area contributed by atoms with Gasteiger partial charge in [-0.25, -0.2) is 4.39 Å². The van der Waals surface area contributed by atoms with Crippen molar-refractivity contribution >= 4 is 17.2 Å². The minimum absolute atomic E-state index is 0.118. The summed E-state index contributed by atoms with van der Waals surface area (Å²) in [6, 6.07) is 11.9. The van der Waals surface area contributed by atoms with E-state index in [1.807, 2.05) is 25.1 Å². The van der Waals surface area contributed by atoms with Crippen LogP contribution in [0.15, 0.2) is 54.6 Å². The van der Waals surface area contributed by atoms with Crippen LogP contribution < -0.4 is 4.74 Å². The maximum Gasteiger partial charge on any atom is 0.184 e. The van der Waals surface area contributed by atoms with Crippen LogP contribution in [0, 0.1) is 23.6 Å². The summed E-state index contributed by atoms with van der Waals surface area (Å²) in [7, 11) is 0. The minimum Gasteiger partial charge on any atom is -0.491 e. The van der Waals surface area contributed by atoms with Crippen LogP contribution in [0.5, 0.6) is 5.75 Å². The molecule has 1 fully saturated rings. The summed E-state index contributed by atoms with van der Waals surface area (Å²) in [5.41, 5.74) is 4.34. The number of ether oxygens (including phenoxy) is 1. The Morgan fingerprint density at radius 1 is 0.969 bits per heavy atom. The molecule has 0 N–H and O–H groups in total. The van der Waals surface area contributed by atoms with Gasteiger partial charge in [-0.15, -0.1) is 0 Å². The average Bonchev–Trinajstić information content (AvgIpc) is 2.83. The molecule has 0 heterocycles. The average molecular weight is 453 g/mol. The molecule has 2 aromatic carbocycles. The van der Waals surface area contributed by atoms with E-state index >= 15 is 0 Å². The van der Waals surface area contributed by atoms with Crippen molar-refractivity contribution in [3.63, 3.8) is 0 Å². The summed E-state index contributed by atoms with van der Waals surface area (Å²) in [5.74, 6) is 2.26. The van der Waals surface area contributed by atoms with Crippen molar-refractivity contribution in [2.24, 2.45) is 17.8 Å². The third-order valence-electron chi connectivity index (χ3n) is 7.31. The molecule has 0 spiro atoms. The lowest BCUT2D eigenvalue weighted by molar-refractivity contribution is 0.212. The lowest BCUT2D eigenvalue weighted by atomic mass is 9.71. The monoisotopic (exact) mass is 452 g/mol. The van der Waals surface area contributed by atoms with Gasteiger partial charge in [-0.05, 0) is 105 Å². The van der Waals surface area contributed by atoms with Crippen molar-refractivity contribution in [2.75, 3.05) is 6.61 Å². The van der Waals surface area contributed by atoms with Gasteiger partial charge in [0.05, 0.1) is 11.6 Å². The lowest BCUT2D eigenvalue weighted by Gasteiger charge is -2.34. The summed E-state index contributed by atoms with van der Waals surface area (Å²) in [5, 5.41) is 0.118. The Morgan fingerprint density at radius 2 is 1.69 bits per heavy atom. The van der Waals surface area contributed by atoms with Crippen LogP contribution in [-0.2, 0) is 0 Å². The van der Waals surface area contributed by atoms with Gasteiger partial charge in [0.25, 0.3) is 0 Å². The van der Waals surface area contributed by atoms with Crippen LogP contribution >= 0.6 is 11.6 Å². The third kappa shape index (κ3) is 5.12. The van der Waals surface area contributed by atoms with Crippen molar-refractivity contribution in [2.45, 2.75) is 58.8 Å². The zero-order valence-electron chi connectivity index (χ0n) is 19.2. The molecule has 2 aromatic rings. The van der Waals surface area contributed by atoms with Gasteiger partial charge in [-0.1, -0.05) is 54.1 Å². The predicted octanol–water partition coefficient (Wildman–Crippen LogP) is 9.11. The number of allylic oxidation sites excluding steroid dienone is 4. The van der Waals surface area contributed by atoms with Crippen molar-refractivity contribution in [3.05, 3.63) is 71.0 Å². The lowest BCUT2D eigenvalue weighted by Crippen LogP contribution is -2.22. The van der Waals surface area contributed by atoms with Crippen LogP contribution in [0.25, 0.3) is 16.7 Å². The zero-order chi connectivity index (χ0) is 22.5. The molecular formula is C29H34ClFO. The molecule has 4 rings (SSSR count). The first kappa shape index (κ1) is 23.1. The molecule has 1 unspecified atom stereocenters. The van der Waals surface area contributed by atoms with Gasteiger partial charge in [-0.3, -0.25) is 0 Å². The summed E-state index contributed by atoms with van der Waals surface area (Å²) < 4.78 is 19.8. The number of rotatable bonds is 6. The molecule has 1 nitrogen and oxygen atoms in total. The Bertz CT molecular complexity index is 967. The van der Waals surface area contributed by atoms with Crippen molar-refractivity contribution in [3.8, 4) is 16.9 Å². The van der Waals surface area contributed by atoms with E-state index in [9.17, 15) is 4.39 Å². The van der Waals surface area contributed by atoms with Crippen molar-refractivity contribution in [1.82, 2.24) is 0 Å². The van der Waals surface area contributed by atoms with E-state index in [1.165, 1.54) is 49.7 Å². The van der Waals surface area contributed by atoms with E-state index in [2.05, 4.69) is 37.3 Å². The molecule has 3 heteroatoms. The molecule has 32 heavy (non-hydrogen) atoms. The van der Waals surface area contributed by atoms with Gasteiger partial charge >= 0.3 is 0 Å². The van der Waals surface area contributed by atoms with Crippen LogP contribution in [0.2, 0.25) is 5.02 Å². The van der Waals surface area contributed by atoms with E-state index in [-0.39, 0.29) is 10.8 Å². The molecule has 2 aliphatic carbocycles. The van der Waals surface area contributed by atoms with E-state index in [0.717, 1.165) is 29.7 Å². The second kappa shape index (κ2) is 10.7. The van der Waals surface area contributed by atoms with Crippen LogP contribution in [0.4, 0.5) is 4.39 Å². The van der Waals surface area contributed by atoms with Crippen LogP contribution in [0.1, 0.15) is 64.4 Å². The summed E-state index contributed by atoms with van der Waals surface area (Å²) in [4.78, 5) is 0. The molecule has 0 aliphatic heterocycles. The SMILES string of the molecule is C/C=C/C1CCC(C2CC=C(c3ccc(-c4ccc(OCC)c(F)c4Cl)cc3)CC2)CC1. The fourth-order valence-corrected chi connectivity index (χ4v) is 5.78. The highest BCUT2D eigenvalue weighted by atomic mass is 35.5. The molecule has 0 bridgehead atoms. The Balaban J connectivity index is 1.40. The smallest absolute Gasteiger partial charge is 0.184 e. The van der Waals surface area contributed by atoms with E-state index in [1.54, 1.807) is 6.07 Å². The van der Waals surface area contributed by atoms with E-state index in [4.69, 9.17) is 16.3 Å². The second-order valence-electron chi connectivity index (χ2n) is 9.21. The Kier molecular flexibility index (Phi) is 7.73. The molecule has 2 aliphatic rings. The number of benzene rings is 2. The fraction of sp³-hybridized carbons (Fsp3) is 0.448. The van der Waals surface area contributed by atoms with Crippen molar-refractivity contribution in [1.29, 1.82) is 0 Å². The van der Waals surface area contributed by atoms with Gasteiger partial charge in [0.1, 0.15) is 0 Å². The topological polar surface area (TPSA) is 9.23 Å². The molecule has 0 radical (unpaired) electrons. The molecule has 0 aromatic heterocycles. The first-order valence-corrected chi connectivity index (χ1v) is 12.5. The summed E-state index contributed by atoms with van der Waals surface area (Å²) >= 11 is 6.30. The van der Waals surface area contributed by atoms with Crippen molar-refractivity contribution < 1.29 is 9.13 Å².